The summed E-state index contributed by atoms with van der Waals surface area (Å²) in [6.07, 6.45) is 1.53. The number of hydrogen-bond donors (Lipinski definition) is 0. The third-order valence-electron chi connectivity index (χ3n) is 8.05. The summed E-state index contributed by atoms with van der Waals surface area (Å²) in [4.78, 5) is 34.7. The van der Waals surface area contributed by atoms with Crippen LogP contribution >= 0.6 is 11.3 Å². The third-order valence-corrected chi connectivity index (χ3v) is 9.05. The largest absolute Gasteiger partial charge is 0.339 e. The van der Waals surface area contributed by atoms with Gasteiger partial charge in [-0.3, -0.25) is 14.5 Å². The zero-order valence-electron chi connectivity index (χ0n) is 21.8. The average Bonchev–Trinajstić information content (AvgIpc) is 3.44. The molecular formula is C32H33N3O2S. The first kappa shape index (κ1) is 24.8. The first-order valence-electron chi connectivity index (χ1n) is 13.5. The molecule has 2 amide bonds. The summed E-state index contributed by atoms with van der Waals surface area (Å²) in [5, 5.41) is 4.24. The molecule has 0 radical (unpaired) electrons. The Labute approximate surface area is 228 Å². The maximum absolute atomic E-state index is 13.5. The summed E-state index contributed by atoms with van der Waals surface area (Å²) in [5.74, 6) is 0.226. The summed E-state index contributed by atoms with van der Waals surface area (Å²) in [7, 11) is 0. The summed E-state index contributed by atoms with van der Waals surface area (Å²) < 4.78 is 0. The Morgan fingerprint density at radius 3 is 2.53 bits per heavy atom. The van der Waals surface area contributed by atoms with E-state index in [9.17, 15) is 9.59 Å². The number of benzene rings is 3. The minimum atomic E-state index is -0.0282. The van der Waals surface area contributed by atoms with Gasteiger partial charge in [-0.05, 0) is 52.8 Å². The molecule has 3 aromatic carbocycles. The van der Waals surface area contributed by atoms with Crippen molar-refractivity contribution in [1.29, 1.82) is 0 Å². The average molecular weight is 524 g/mol. The normalized spacial score (nSPS) is 19.9. The van der Waals surface area contributed by atoms with Crippen LogP contribution in [0.3, 0.4) is 0 Å². The van der Waals surface area contributed by atoms with Gasteiger partial charge in [0, 0.05) is 55.6 Å². The molecule has 0 aliphatic carbocycles. The van der Waals surface area contributed by atoms with Crippen LogP contribution < -0.4 is 0 Å². The number of nitrogens with zero attached hydrogens (tertiary/aromatic N) is 3. The van der Waals surface area contributed by atoms with E-state index in [0.717, 1.165) is 35.8 Å². The molecule has 2 unspecified atom stereocenters. The van der Waals surface area contributed by atoms with E-state index >= 15 is 0 Å². The predicted molar refractivity (Wildman–Crippen MR) is 154 cm³/mol. The highest BCUT2D eigenvalue weighted by atomic mass is 32.1. The topological polar surface area (TPSA) is 43.9 Å². The second-order valence-corrected chi connectivity index (χ2v) is 11.4. The summed E-state index contributed by atoms with van der Waals surface area (Å²) in [5.41, 5.74) is 3.40. The van der Waals surface area contributed by atoms with E-state index in [1.165, 1.54) is 16.0 Å². The molecule has 1 aromatic heterocycles. The highest BCUT2D eigenvalue weighted by Gasteiger charge is 2.33. The van der Waals surface area contributed by atoms with Gasteiger partial charge in [-0.2, -0.15) is 0 Å². The molecule has 194 valence electrons. The third kappa shape index (κ3) is 4.74. The fraction of sp³-hybridized carbons (Fsp3) is 0.312. The van der Waals surface area contributed by atoms with E-state index in [-0.39, 0.29) is 23.9 Å². The number of hydrogen-bond acceptors (Lipinski definition) is 4. The highest BCUT2D eigenvalue weighted by molar-refractivity contribution is 7.10. The first-order valence-corrected chi connectivity index (χ1v) is 14.4. The van der Waals surface area contributed by atoms with Gasteiger partial charge >= 0.3 is 0 Å². The fourth-order valence-corrected chi connectivity index (χ4v) is 6.99. The van der Waals surface area contributed by atoms with Crippen molar-refractivity contribution < 1.29 is 9.59 Å². The zero-order chi connectivity index (χ0) is 26.1. The maximum Gasteiger partial charge on any atom is 0.254 e. The lowest BCUT2D eigenvalue weighted by Crippen LogP contribution is -2.55. The molecule has 1 fully saturated rings. The van der Waals surface area contributed by atoms with Crippen molar-refractivity contribution in [3.05, 3.63) is 106 Å². The van der Waals surface area contributed by atoms with Gasteiger partial charge in [0.05, 0.1) is 6.04 Å². The van der Waals surface area contributed by atoms with Crippen molar-refractivity contribution in [3.63, 3.8) is 0 Å². The van der Waals surface area contributed by atoms with Gasteiger partial charge in [0.15, 0.2) is 0 Å². The van der Waals surface area contributed by atoms with Crippen LogP contribution in [0.25, 0.3) is 10.8 Å². The molecule has 5 nitrogen and oxygen atoms in total. The van der Waals surface area contributed by atoms with E-state index in [1.54, 1.807) is 0 Å². The Balaban J connectivity index is 1.10. The van der Waals surface area contributed by atoms with Gasteiger partial charge in [-0.15, -0.1) is 11.3 Å². The molecule has 1 saturated heterocycles. The van der Waals surface area contributed by atoms with Gasteiger partial charge in [0.25, 0.3) is 5.91 Å². The lowest BCUT2D eigenvalue weighted by atomic mass is 9.93. The van der Waals surface area contributed by atoms with Crippen molar-refractivity contribution in [2.45, 2.75) is 31.8 Å². The van der Waals surface area contributed by atoms with E-state index < -0.39 is 0 Å². The highest BCUT2D eigenvalue weighted by Crippen LogP contribution is 2.37. The summed E-state index contributed by atoms with van der Waals surface area (Å²) in [6, 6.07) is 27.0. The smallest absolute Gasteiger partial charge is 0.254 e. The number of fused-ring (bicyclic) bond motifs is 2. The molecular weight excluding hydrogens is 490 g/mol. The van der Waals surface area contributed by atoms with Crippen LogP contribution in [0.15, 0.2) is 84.2 Å². The number of carbonyl (C=O) groups excluding carboxylic acids is 2. The summed E-state index contributed by atoms with van der Waals surface area (Å²) in [6.45, 7) is 5.46. The molecule has 0 saturated carbocycles. The molecule has 38 heavy (non-hydrogen) atoms. The van der Waals surface area contributed by atoms with Crippen molar-refractivity contribution in [2.24, 2.45) is 0 Å². The molecule has 4 aromatic rings. The first-order chi connectivity index (χ1) is 18.6. The Bertz CT molecular complexity index is 1440. The predicted octanol–water partition coefficient (Wildman–Crippen LogP) is 5.61. The quantitative estimate of drug-likeness (QED) is 0.341. The molecule has 2 aliphatic rings. The summed E-state index contributed by atoms with van der Waals surface area (Å²) >= 11 is 1.84. The minimum Gasteiger partial charge on any atom is -0.339 e. The number of rotatable bonds is 5. The lowest BCUT2D eigenvalue weighted by molar-refractivity contribution is -0.134. The second-order valence-electron chi connectivity index (χ2n) is 10.4. The van der Waals surface area contributed by atoms with Crippen LogP contribution in [0.2, 0.25) is 0 Å². The fourth-order valence-electron chi connectivity index (χ4n) is 6.08. The van der Waals surface area contributed by atoms with E-state index in [0.29, 0.717) is 26.1 Å². The van der Waals surface area contributed by atoms with Gasteiger partial charge in [0.1, 0.15) is 0 Å². The second kappa shape index (κ2) is 10.7. The molecule has 3 heterocycles. The molecule has 2 aliphatic heterocycles. The van der Waals surface area contributed by atoms with Crippen molar-refractivity contribution >= 4 is 33.9 Å². The molecule has 2 atom stereocenters. The van der Waals surface area contributed by atoms with Gasteiger partial charge < -0.3 is 9.80 Å². The minimum absolute atomic E-state index is 0.0282. The van der Waals surface area contributed by atoms with Crippen LogP contribution in [0, 0.1) is 0 Å². The van der Waals surface area contributed by atoms with Crippen molar-refractivity contribution in [3.8, 4) is 0 Å². The zero-order valence-corrected chi connectivity index (χ0v) is 22.6. The molecule has 6 rings (SSSR count). The van der Waals surface area contributed by atoms with Gasteiger partial charge in [-0.1, -0.05) is 66.7 Å². The van der Waals surface area contributed by atoms with Crippen LogP contribution in [0.5, 0.6) is 0 Å². The Kier molecular flexibility index (Phi) is 7.00. The Morgan fingerprint density at radius 1 is 0.895 bits per heavy atom. The Hall–Kier alpha value is -3.48. The van der Waals surface area contributed by atoms with E-state index in [2.05, 4.69) is 53.6 Å². The van der Waals surface area contributed by atoms with Crippen LogP contribution in [0.4, 0.5) is 0 Å². The standard InChI is InChI=1S/C32H33N3O2S/c1-23-22-34(19-20-35(23)32(37)27-13-7-11-24-8-5-6-12-26(24)27)30(36)15-18-33-17-14-29-28(16-21-38-29)31(33)25-9-3-2-4-10-25/h2-13,16,21,23,31H,14-15,17-20,22H2,1H3. The van der Waals surface area contributed by atoms with Gasteiger partial charge in [0.2, 0.25) is 5.91 Å². The van der Waals surface area contributed by atoms with Crippen molar-refractivity contribution in [2.75, 3.05) is 32.7 Å². The number of amides is 2. The molecule has 0 bridgehead atoms. The lowest BCUT2D eigenvalue weighted by Gasteiger charge is -2.41. The number of thiophene rings is 1. The molecule has 0 spiro atoms. The van der Waals surface area contributed by atoms with E-state index in [4.69, 9.17) is 0 Å². The van der Waals surface area contributed by atoms with Crippen LogP contribution in [-0.4, -0.2) is 65.3 Å². The van der Waals surface area contributed by atoms with Crippen molar-refractivity contribution in [1.82, 2.24) is 14.7 Å². The maximum atomic E-state index is 13.5. The molecule has 0 N–H and O–H groups in total. The SMILES string of the molecule is CC1CN(C(=O)CCN2CCc3sccc3C2c2ccccc2)CCN1C(=O)c1cccc2ccccc12. The van der Waals surface area contributed by atoms with Crippen LogP contribution in [-0.2, 0) is 11.2 Å². The van der Waals surface area contributed by atoms with E-state index in [1.807, 2.05) is 63.6 Å². The van der Waals surface area contributed by atoms with Crippen LogP contribution in [0.1, 0.15) is 45.7 Å². The molecule has 6 heteroatoms. The Morgan fingerprint density at radius 2 is 1.68 bits per heavy atom. The monoisotopic (exact) mass is 523 g/mol. The number of carbonyl (C=O) groups is 2. The van der Waals surface area contributed by atoms with Gasteiger partial charge in [-0.25, -0.2) is 0 Å². The number of piperazine rings is 1.